The third-order valence-corrected chi connectivity index (χ3v) is 6.50. The molecule has 0 aromatic carbocycles. The van der Waals surface area contributed by atoms with Crippen molar-refractivity contribution in [2.75, 3.05) is 26.3 Å². The van der Waals surface area contributed by atoms with E-state index in [1.807, 2.05) is 0 Å². The van der Waals surface area contributed by atoms with Gasteiger partial charge in [0.15, 0.2) is 0 Å². The molecule has 23 heavy (non-hydrogen) atoms. The lowest BCUT2D eigenvalue weighted by atomic mass is 10.1. The number of nitrogens with zero attached hydrogens (tertiary/aromatic N) is 3. The van der Waals surface area contributed by atoms with Gasteiger partial charge >= 0.3 is 0 Å². The fourth-order valence-corrected chi connectivity index (χ4v) is 4.91. The fourth-order valence-electron chi connectivity index (χ4n) is 3.26. The number of hydrogen-bond donors (Lipinski definition) is 1. The number of nitrogens with two attached hydrogens (primary N) is 1. The summed E-state index contributed by atoms with van der Waals surface area (Å²) in [5, 5.41) is 4.28. The van der Waals surface area contributed by atoms with Crippen LogP contribution in [0.4, 0.5) is 0 Å². The van der Waals surface area contributed by atoms with Crippen molar-refractivity contribution in [2.24, 2.45) is 5.73 Å². The molecule has 9 heteroatoms. The molecule has 2 saturated heterocycles. The lowest BCUT2D eigenvalue weighted by Crippen LogP contribution is -2.47. The molecule has 3 heterocycles. The van der Waals surface area contributed by atoms with Crippen molar-refractivity contribution in [3.63, 3.8) is 0 Å². The number of aromatic nitrogens is 2. The van der Waals surface area contributed by atoms with E-state index in [1.165, 1.54) is 6.20 Å². The molecule has 1 aromatic rings. The first kappa shape index (κ1) is 18.7. The molecule has 1 unspecified atom stereocenters. The maximum absolute atomic E-state index is 12.8. The monoisotopic (exact) mass is 364 g/mol. The van der Waals surface area contributed by atoms with E-state index in [-0.39, 0.29) is 29.4 Å². The Morgan fingerprint density at radius 1 is 1.26 bits per heavy atom. The first-order valence-electron chi connectivity index (χ1n) is 7.96. The molecule has 1 aromatic heterocycles. The van der Waals surface area contributed by atoms with Crippen molar-refractivity contribution in [3.05, 3.63) is 12.4 Å². The number of halogens is 1. The maximum Gasteiger partial charge on any atom is 0.246 e. The van der Waals surface area contributed by atoms with Crippen LogP contribution in [0.1, 0.15) is 38.1 Å². The standard InChI is InChI=1S/C14H24N4O3S.ClH/c15-9-13-3-1-2-6-18(13)22(19,20)14-10-16-17(11-14)12-4-7-21-8-5-12;/h10-13H,1-9,15H2;1H. The van der Waals surface area contributed by atoms with Crippen LogP contribution in [-0.4, -0.2) is 54.8 Å². The lowest BCUT2D eigenvalue weighted by Gasteiger charge is -2.33. The molecule has 2 fully saturated rings. The molecule has 2 N–H and O–H groups in total. The van der Waals surface area contributed by atoms with E-state index < -0.39 is 10.0 Å². The number of rotatable bonds is 4. The highest BCUT2D eigenvalue weighted by Crippen LogP contribution is 2.26. The summed E-state index contributed by atoms with van der Waals surface area (Å²) in [7, 11) is -3.50. The van der Waals surface area contributed by atoms with E-state index in [9.17, 15) is 8.42 Å². The van der Waals surface area contributed by atoms with E-state index in [0.29, 0.717) is 26.3 Å². The molecule has 0 radical (unpaired) electrons. The first-order valence-corrected chi connectivity index (χ1v) is 9.41. The van der Waals surface area contributed by atoms with Crippen LogP contribution >= 0.6 is 12.4 Å². The van der Waals surface area contributed by atoms with Gasteiger partial charge < -0.3 is 10.5 Å². The summed E-state index contributed by atoms with van der Waals surface area (Å²) in [4.78, 5) is 0.277. The van der Waals surface area contributed by atoms with Gasteiger partial charge in [0.2, 0.25) is 10.0 Å². The molecule has 2 aliphatic heterocycles. The van der Waals surface area contributed by atoms with Crippen molar-refractivity contribution in [1.29, 1.82) is 0 Å². The summed E-state index contributed by atoms with van der Waals surface area (Å²) in [6, 6.07) is 0.134. The van der Waals surface area contributed by atoms with Gasteiger partial charge in [-0.1, -0.05) is 6.42 Å². The van der Waals surface area contributed by atoms with Crippen molar-refractivity contribution in [2.45, 2.75) is 49.1 Å². The molecule has 0 aliphatic carbocycles. The molecule has 1 atom stereocenters. The van der Waals surface area contributed by atoms with Crippen LogP contribution in [-0.2, 0) is 14.8 Å². The lowest BCUT2D eigenvalue weighted by molar-refractivity contribution is 0.0662. The summed E-state index contributed by atoms with van der Waals surface area (Å²) in [6.07, 6.45) is 7.63. The Morgan fingerprint density at radius 2 is 2.00 bits per heavy atom. The Labute approximate surface area is 143 Å². The molecule has 0 amide bonds. The minimum absolute atomic E-state index is 0. The van der Waals surface area contributed by atoms with Gasteiger partial charge in [-0.3, -0.25) is 4.68 Å². The third kappa shape index (κ3) is 3.88. The second-order valence-electron chi connectivity index (χ2n) is 6.00. The van der Waals surface area contributed by atoms with E-state index in [2.05, 4.69) is 5.10 Å². The first-order chi connectivity index (χ1) is 10.6. The zero-order valence-corrected chi connectivity index (χ0v) is 14.8. The van der Waals surface area contributed by atoms with Crippen LogP contribution in [0, 0.1) is 0 Å². The maximum atomic E-state index is 12.8. The Morgan fingerprint density at radius 3 is 2.70 bits per heavy atom. The molecule has 3 rings (SSSR count). The van der Waals surface area contributed by atoms with Crippen LogP contribution in [0.5, 0.6) is 0 Å². The van der Waals surface area contributed by atoms with E-state index in [0.717, 1.165) is 32.1 Å². The van der Waals surface area contributed by atoms with Crippen LogP contribution in [0.3, 0.4) is 0 Å². The minimum Gasteiger partial charge on any atom is -0.381 e. The predicted molar refractivity (Wildman–Crippen MR) is 89.2 cm³/mol. The van der Waals surface area contributed by atoms with Gasteiger partial charge in [-0.2, -0.15) is 9.40 Å². The largest absolute Gasteiger partial charge is 0.381 e. The van der Waals surface area contributed by atoms with E-state index in [1.54, 1.807) is 15.2 Å². The third-order valence-electron chi connectivity index (χ3n) is 4.59. The number of piperidine rings is 1. The molecule has 0 spiro atoms. The summed E-state index contributed by atoms with van der Waals surface area (Å²) in [5.74, 6) is 0. The van der Waals surface area contributed by atoms with Crippen molar-refractivity contribution in [1.82, 2.24) is 14.1 Å². The van der Waals surface area contributed by atoms with Crippen LogP contribution in [0.25, 0.3) is 0 Å². The Hall–Kier alpha value is -0.670. The highest BCUT2D eigenvalue weighted by molar-refractivity contribution is 7.89. The molecule has 0 saturated carbocycles. The molecule has 7 nitrogen and oxygen atoms in total. The number of hydrogen-bond acceptors (Lipinski definition) is 5. The van der Waals surface area contributed by atoms with E-state index in [4.69, 9.17) is 10.5 Å². The van der Waals surface area contributed by atoms with Gasteiger partial charge in [0.1, 0.15) is 4.90 Å². The van der Waals surface area contributed by atoms with Gasteiger partial charge in [0.05, 0.1) is 12.2 Å². The Balaban J connectivity index is 0.00000192. The molecule has 0 bridgehead atoms. The van der Waals surface area contributed by atoms with Crippen molar-refractivity contribution in [3.8, 4) is 0 Å². The van der Waals surface area contributed by atoms with Crippen LogP contribution in [0.2, 0.25) is 0 Å². The predicted octanol–water partition coefficient (Wildman–Crippen LogP) is 1.16. The summed E-state index contributed by atoms with van der Waals surface area (Å²) in [5.41, 5.74) is 5.75. The van der Waals surface area contributed by atoms with Crippen molar-refractivity contribution < 1.29 is 13.2 Å². The quantitative estimate of drug-likeness (QED) is 0.865. The summed E-state index contributed by atoms with van der Waals surface area (Å²) >= 11 is 0. The Bertz CT molecular complexity index is 601. The summed E-state index contributed by atoms with van der Waals surface area (Å²) < 4.78 is 34.4. The van der Waals surface area contributed by atoms with E-state index >= 15 is 0 Å². The fraction of sp³-hybridized carbons (Fsp3) is 0.786. The average Bonchev–Trinajstić information content (AvgIpc) is 3.06. The normalized spacial score (nSPS) is 24.3. The summed E-state index contributed by atoms with van der Waals surface area (Å²) in [6.45, 7) is 2.32. The zero-order valence-electron chi connectivity index (χ0n) is 13.1. The van der Waals surface area contributed by atoms with Gasteiger partial charge in [-0.05, 0) is 25.7 Å². The molecular weight excluding hydrogens is 340 g/mol. The highest BCUT2D eigenvalue weighted by atomic mass is 35.5. The molecule has 132 valence electrons. The van der Waals surface area contributed by atoms with Gasteiger partial charge in [-0.15, -0.1) is 12.4 Å². The zero-order chi connectivity index (χ0) is 15.6. The topological polar surface area (TPSA) is 90.5 Å². The highest BCUT2D eigenvalue weighted by Gasteiger charge is 2.34. The molecule has 2 aliphatic rings. The smallest absolute Gasteiger partial charge is 0.246 e. The number of sulfonamides is 1. The SMILES string of the molecule is Cl.NCC1CCCCN1S(=O)(=O)c1cnn(C2CCOCC2)c1. The number of ether oxygens (including phenoxy) is 1. The van der Waals surface area contributed by atoms with Crippen LogP contribution in [0.15, 0.2) is 17.3 Å². The Kier molecular flexibility index (Phi) is 6.44. The second kappa shape index (κ2) is 7.94. The van der Waals surface area contributed by atoms with Gasteiger partial charge in [0, 0.05) is 38.5 Å². The average molecular weight is 365 g/mol. The second-order valence-corrected chi connectivity index (χ2v) is 7.89. The minimum atomic E-state index is -3.50. The van der Waals surface area contributed by atoms with Crippen LogP contribution < -0.4 is 5.73 Å². The van der Waals surface area contributed by atoms with Crippen molar-refractivity contribution >= 4 is 22.4 Å². The molecular formula is C14H25ClN4O3S. The van der Waals surface area contributed by atoms with Gasteiger partial charge in [-0.25, -0.2) is 8.42 Å². The van der Waals surface area contributed by atoms with Gasteiger partial charge in [0.25, 0.3) is 0 Å².